The third-order valence-electron chi connectivity index (χ3n) is 3.39. The Morgan fingerprint density at radius 2 is 1.73 bits per heavy atom. The summed E-state index contributed by atoms with van der Waals surface area (Å²) in [7, 11) is -2.65. The number of benzene rings is 2. The maximum Gasteiger partial charge on any atom is 0.247 e. The number of hydrogen-bond acceptors (Lipinski definition) is 4. The number of rotatable bonds is 7. The second-order valence-corrected chi connectivity index (χ2v) is 8.23. The van der Waals surface area contributed by atoms with Crippen LogP contribution in [0, 0.1) is 0 Å². The van der Waals surface area contributed by atoms with Crippen LogP contribution in [0.15, 0.2) is 47.4 Å². The molecular formula is C17H18Cl2N2O4S. The van der Waals surface area contributed by atoms with E-state index in [9.17, 15) is 13.2 Å². The maximum atomic E-state index is 12.8. The fourth-order valence-corrected chi connectivity index (χ4v) is 3.79. The van der Waals surface area contributed by atoms with Crippen molar-refractivity contribution >= 4 is 44.8 Å². The lowest BCUT2D eigenvalue weighted by molar-refractivity contribution is -0.116. The zero-order valence-corrected chi connectivity index (χ0v) is 16.5. The van der Waals surface area contributed by atoms with Crippen LogP contribution in [0.5, 0.6) is 5.75 Å². The van der Waals surface area contributed by atoms with Crippen LogP contribution in [0.25, 0.3) is 0 Å². The van der Waals surface area contributed by atoms with Gasteiger partial charge in [-0.3, -0.25) is 4.79 Å². The largest absolute Gasteiger partial charge is 0.492 e. The third-order valence-corrected chi connectivity index (χ3v) is 5.70. The SMILES string of the molecule is CCOc1ccc(Cl)cc1S(=O)(=O)N(C)CC(=O)Nc1ccc(Cl)cc1. The van der Waals surface area contributed by atoms with Gasteiger partial charge >= 0.3 is 0 Å². The van der Waals surface area contributed by atoms with Crippen molar-refractivity contribution in [3.8, 4) is 5.75 Å². The van der Waals surface area contributed by atoms with Gasteiger partial charge in [-0.05, 0) is 49.4 Å². The average molecular weight is 417 g/mol. The van der Waals surface area contributed by atoms with Crippen molar-refractivity contribution < 1.29 is 17.9 Å². The van der Waals surface area contributed by atoms with E-state index < -0.39 is 15.9 Å². The Balaban J connectivity index is 2.17. The van der Waals surface area contributed by atoms with Gasteiger partial charge in [0.15, 0.2) is 0 Å². The van der Waals surface area contributed by atoms with Crippen LogP contribution < -0.4 is 10.1 Å². The Hall–Kier alpha value is -1.80. The number of nitrogens with one attached hydrogen (secondary N) is 1. The number of halogens is 2. The molecule has 0 spiro atoms. The molecule has 0 saturated carbocycles. The molecule has 0 aliphatic heterocycles. The zero-order chi connectivity index (χ0) is 19.3. The van der Waals surface area contributed by atoms with Crippen LogP contribution in [-0.4, -0.2) is 38.8 Å². The van der Waals surface area contributed by atoms with E-state index in [1.807, 2.05) is 0 Å². The summed E-state index contributed by atoms with van der Waals surface area (Å²) in [4.78, 5) is 12.1. The Morgan fingerprint density at radius 1 is 1.12 bits per heavy atom. The van der Waals surface area contributed by atoms with Crippen LogP contribution in [0.3, 0.4) is 0 Å². The Labute approximate surface area is 162 Å². The van der Waals surface area contributed by atoms with E-state index in [4.69, 9.17) is 27.9 Å². The van der Waals surface area contributed by atoms with Gasteiger partial charge in [0.05, 0.1) is 13.2 Å². The fraction of sp³-hybridized carbons (Fsp3) is 0.235. The first-order valence-electron chi connectivity index (χ1n) is 7.68. The van der Waals surface area contributed by atoms with E-state index in [0.29, 0.717) is 17.3 Å². The van der Waals surface area contributed by atoms with Crippen LogP contribution >= 0.6 is 23.2 Å². The van der Waals surface area contributed by atoms with Crippen LogP contribution in [0.1, 0.15) is 6.92 Å². The summed E-state index contributed by atoms with van der Waals surface area (Å²) in [6.45, 7) is 1.67. The van der Waals surface area contributed by atoms with Crippen molar-refractivity contribution in [1.29, 1.82) is 0 Å². The van der Waals surface area contributed by atoms with Gasteiger partial charge in [-0.15, -0.1) is 0 Å². The van der Waals surface area contributed by atoms with E-state index in [0.717, 1.165) is 4.31 Å². The van der Waals surface area contributed by atoms with Crippen molar-refractivity contribution in [2.75, 3.05) is 25.5 Å². The van der Waals surface area contributed by atoms with Gasteiger partial charge in [-0.25, -0.2) is 8.42 Å². The highest BCUT2D eigenvalue weighted by Crippen LogP contribution is 2.29. The number of carbonyl (C=O) groups excluding carboxylic acids is 1. The number of hydrogen-bond donors (Lipinski definition) is 1. The molecule has 2 rings (SSSR count). The van der Waals surface area contributed by atoms with E-state index in [1.165, 1.54) is 19.2 Å². The first-order chi connectivity index (χ1) is 12.2. The summed E-state index contributed by atoms with van der Waals surface area (Å²) >= 11 is 11.7. The predicted molar refractivity (Wildman–Crippen MR) is 103 cm³/mol. The fourth-order valence-electron chi connectivity index (χ4n) is 2.15. The highest BCUT2D eigenvalue weighted by molar-refractivity contribution is 7.89. The Morgan fingerprint density at radius 3 is 2.35 bits per heavy atom. The molecule has 0 fully saturated rings. The molecule has 0 aliphatic carbocycles. The highest BCUT2D eigenvalue weighted by Gasteiger charge is 2.27. The second-order valence-electron chi connectivity index (χ2n) is 5.34. The Kier molecular flexibility index (Phi) is 6.88. The Bertz CT molecular complexity index is 886. The van der Waals surface area contributed by atoms with Crippen LogP contribution in [0.4, 0.5) is 5.69 Å². The molecule has 2 aromatic rings. The number of amides is 1. The van der Waals surface area contributed by atoms with Crippen LogP contribution in [-0.2, 0) is 14.8 Å². The molecule has 2 aromatic carbocycles. The molecule has 6 nitrogen and oxygen atoms in total. The van der Waals surface area contributed by atoms with Gasteiger partial charge in [-0.1, -0.05) is 23.2 Å². The number of nitrogens with zero attached hydrogens (tertiary/aromatic N) is 1. The summed E-state index contributed by atoms with van der Waals surface area (Å²) in [5.74, 6) is -0.305. The average Bonchev–Trinajstić information content (AvgIpc) is 2.58. The first kappa shape index (κ1) is 20.5. The quantitative estimate of drug-likeness (QED) is 0.746. The molecule has 0 aromatic heterocycles. The molecule has 0 atom stereocenters. The lowest BCUT2D eigenvalue weighted by Crippen LogP contribution is -2.35. The molecule has 0 aliphatic rings. The smallest absolute Gasteiger partial charge is 0.247 e. The molecular weight excluding hydrogens is 399 g/mol. The molecule has 0 unspecified atom stereocenters. The summed E-state index contributed by atoms with van der Waals surface area (Å²) in [5, 5.41) is 3.40. The highest BCUT2D eigenvalue weighted by atomic mass is 35.5. The zero-order valence-electron chi connectivity index (χ0n) is 14.2. The standard InChI is InChI=1S/C17H18Cl2N2O4S/c1-3-25-15-9-6-13(19)10-16(15)26(23,24)21(2)11-17(22)20-14-7-4-12(18)5-8-14/h4-10H,3,11H2,1-2H3,(H,20,22). The number of sulfonamides is 1. The topological polar surface area (TPSA) is 75.7 Å². The van der Waals surface area contributed by atoms with Crippen molar-refractivity contribution in [2.45, 2.75) is 11.8 Å². The molecule has 0 radical (unpaired) electrons. The minimum absolute atomic E-state index is 0.0892. The summed E-state index contributed by atoms with van der Waals surface area (Å²) in [6, 6.07) is 10.8. The van der Waals surface area contributed by atoms with E-state index in [2.05, 4.69) is 5.32 Å². The van der Waals surface area contributed by atoms with E-state index >= 15 is 0 Å². The maximum absolute atomic E-state index is 12.8. The lowest BCUT2D eigenvalue weighted by atomic mass is 10.3. The molecule has 1 N–H and O–H groups in total. The van der Waals surface area contributed by atoms with Gasteiger partial charge in [0.1, 0.15) is 10.6 Å². The second kappa shape index (κ2) is 8.73. The van der Waals surface area contributed by atoms with Crippen molar-refractivity contribution in [2.24, 2.45) is 0 Å². The molecule has 0 saturated heterocycles. The van der Waals surface area contributed by atoms with Crippen molar-refractivity contribution in [1.82, 2.24) is 4.31 Å². The predicted octanol–water partition coefficient (Wildman–Crippen LogP) is 3.65. The molecule has 0 heterocycles. The number of ether oxygens (including phenoxy) is 1. The molecule has 26 heavy (non-hydrogen) atoms. The first-order valence-corrected chi connectivity index (χ1v) is 9.87. The molecule has 1 amide bonds. The summed E-state index contributed by atoms with van der Waals surface area (Å²) < 4.78 is 31.9. The monoisotopic (exact) mass is 416 g/mol. The molecule has 0 bridgehead atoms. The van der Waals surface area contributed by atoms with E-state index in [-0.39, 0.29) is 22.2 Å². The molecule has 9 heteroatoms. The van der Waals surface area contributed by atoms with Crippen LogP contribution in [0.2, 0.25) is 10.0 Å². The number of carbonyl (C=O) groups is 1. The van der Waals surface area contributed by atoms with Gasteiger partial charge in [0.2, 0.25) is 15.9 Å². The van der Waals surface area contributed by atoms with Crippen molar-refractivity contribution in [3.63, 3.8) is 0 Å². The number of anilines is 1. The number of likely N-dealkylation sites (N-methyl/N-ethyl adjacent to an activating group) is 1. The van der Waals surface area contributed by atoms with Gasteiger partial charge in [0, 0.05) is 22.8 Å². The third kappa shape index (κ3) is 5.11. The lowest BCUT2D eigenvalue weighted by Gasteiger charge is -2.19. The van der Waals surface area contributed by atoms with Gasteiger partial charge in [0.25, 0.3) is 0 Å². The summed E-state index contributed by atoms with van der Waals surface area (Å²) in [6.07, 6.45) is 0. The molecule has 140 valence electrons. The van der Waals surface area contributed by atoms with E-state index in [1.54, 1.807) is 37.3 Å². The van der Waals surface area contributed by atoms with Crippen molar-refractivity contribution in [3.05, 3.63) is 52.5 Å². The van der Waals surface area contributed by atoms with Gasteiger partial charge in [-0.2, -0.15) is 4.31 Å². The minimum Gasteiger partial charge on any atom is -0.492 e. The van der Waals surface area contributed by atoms with Gasteiger partial charge < -0.3 is 10.1 Å². The normalized spacial score (nSPS) is 11.4. The minimum atomic E-state index is -3.97. The summed E-state index contributed by atoms with van der Waals surface area (Å²) in [5.41, 5.74) is 0.517.